The number of likely N-dealkylation sites (tertiary alicyclic amines) is 1. The zero-order chi connectivity index (χ0) is 14.9. The predicted octanol–water partition coefficient (Wildman–Crippen LogP) is 2.12. The Morgan fingerprint density at radius 2 is 2.00 bits per heavy atom. The third-order valence-corrected chi connectivity index (χ3v) is 4.82. The second-order valence-corrected chi connectivity index (χ2v) is 6.53. The van der Waals surface area contributed by atoms with Gasteiger partial charge in [0, 0.05) is 24.9 Å². The van der Waals surface area contributed by atoms with Gasteiger partial charge in [0.05, 0.1) is 6.54 Å². The van der Waals surface area contributed by atoms with Crippen LogP contribution in [0.1, 0.15) is 42.0 Å². The Kier molecular flexibility index (Phi) is 3.68. The first kappa shape index (κ1) is 13.9. The van der Waals surface area contributed by atoms with Crippen molar-refractivity contribution in [2.75, 3.05) is 19.6 Å². The molecule has 1 aromatic carbocycles. The highest BCUT2D eigenvalue weighted by Gasteiger charge is 2.34. The zero-order valence-electron chi connectivity index (χ0n) is 12.7. The van der Waals surface area contributed by atoms with Gasteiger partial charge in [-0.2, -0.15) is 4.98 Å². The maximum absolute atomic E-state index is 5.99. The van der Waals surface area contributed by atoms with E-state index in [2.05, 4.69) is 45.4 Å². The minimum Gasteiger partial charge on any atom is -0.339 e. The molecule has 2 atom stereocenters. The fourth-order valence-electron chi connectivity index (χ4n) is 3.43. The lowest BCUT2D eigenvalue weighted by Gasteiger charge is -2.16. The van der Waals surface area contributed by atoms with Crippen LogP contribution >= 0.6 is 0 Å². The SMILES string of the molecule is NC[C@@H]1CN(Cc2noc(C3CC3)n2)C[C@H]1c1ccccc1. The summed E-state index contributed by atoms with van der Waals surface area (Å²) < 4.78 is 5.35. The van der Waals surface area contributed by atoms with Gasteiger partial charge < -0.3 is 10.3 Å². The van der Waals surface area contributed by atoms with Crippen LogP contribution in [0.5, 0.6) is 0 Å². The molecule has 2 heterocycles. The van der Waals surface area contributed by atoms with Crippen molar-refractivity contribution in [1.82, 2.24) is 15.0 Å². The maximum atomic E-state index is 5.99. The van der Waals surface area contributed by atoms with Crippen LogP contribution in [-0.2, 0) is 6.54 Å². The lowest BCUT2D eigenvalue weighted by Crippen LogP contribution is -2.23. The quantitative estimate of drug-likeness (QED) is 0.915. The van der Waals surface area contributed by atoms with Crippen molar-refractivity contribution in [3.05, 3.63) is 47.6 Å². The number of benzene rings is 1. The highest BCUT2D eigenvalue weighted by molar-refractivity contribution is 5.22. The molecule has 2 aromatic rings. The Bertz CT molecular complexity index is 623. The fraction of sp³-hybridized carbons (Fsp3) is 0.529. The normalized spacial score (nSPS) is 25.7. The Hall–Kier alpha value is -1.72. The van der Waals surface area contributed by atoms with E-state index in [0.29, 0.717) is 17.8 Å². The molecule has 22 heavy (non-hydrogen) atoms. The first-order chi connectivity index (χ1) is 10.8. The summed E-state index contributed by atoms with van der Waals surface area (Å²) in [4.78, 5) is 6.93. The van der Waals surface area contributed by atoms with E-state index in [1.54, 1.807) is 0 Å². The molecule has 2 N–H and O–H groups in total. The van der Waals surface area contributed by atoms with Crippen LogP contribution in [0.3, 0.4) is 0 Å². The predicted molar refractivity (Wildman–Crippen MR) is 83.3 cm³/mol. The summed E-state index contributed by atoms with van der Waals surface area (Å²) in [7, 11) is 0. The second kappa shape index (κ2) is 5.82. The second-order valence-electron chi connectivity index (χ2n) is 6.53. The van der Waals surface area contributed by atoms with E-state index in [1.165, 1.54) is 18.4 Å². The summed E-state index contributed by atoms with van der Waals surface area (Å²) in [6.45, 7) is 3.49. The van der Waals surface area contributed by atoms with Gasteiger partial charge in [0.15, 0.2) is 5.82 Å². The molecule has 116 valence electrons. The Labute approximate surface area is 130 Å². The molecule has 1 saturated heterocycles. The lowest BCUT2D eigenvalue weighted by atomic mass is 9.89. The van der Waals surface area contributed by atoms with Crippen molar-refractivity contribution in [2.45, 2.75) is 31.2 Å². The van der Waals surface area contributed by atoms with Crippen molar-refractivity contribution in [3.8, 4) is 0 Å². The lowest BCUT2D eigenvalue weighted by molar-refractivity contribution is 0.298. The van der Waals surface area contributed by atoms with Gasteiger partial charge in [-0.05, 0) is 30.9 Å². The molecule has 0 unspecified atom stereocenters. The van der Waals surface area contributed by atoms with Crippen molar-refractivity contribution in [1.29, 1.82) is 0 Å². The zero-order valence-corrected chi connectivity index (χ0v) is 12.7. The number of nitrogens with zero attached hydrogens (tertiary/aromatic N) is 3. The maximum Gasteiger partial charge on any atom is 0.229 e. The highest BCUT2D eigenvalue weighted by atomic mass is 16.5. The molecule has 1 aromatic heterocycles. The van der Waals surface area contributed by atoms with Gasteiger partial charge in [-0.1, -0.05) is 35.5 Å². The van der Waals surface area contributed by atoms with E-state index in [-0.39, 0.29) is 0 Å². The molecule has 5 heteroatoms. The molecular formula is C17H22N4O. The Morgan fingerprint density at radius 1 is 1.18 bits per heavy atom. The molecule has 1 aliphatic carbocycles. The molecule has 0 amide bonds. The molecule has 0 radical (unpaired) electrons. The van der Waals surface area contributed by atoms with E-state index < -0.39 is 0 Å². The van der Waals surface area contributed by atoms with Gasteiger partial charge >= 0.3 is 0 Å². The van der Waals surface area contributed by atoms with Gasteiger partial charge in [-0.15, -0.1) is 0 Å². The van der Waals surface area contributed by atoms with Crippen molar-refractivity contribution < 1.29 is 4.52 Å². The number of hydrogen-bond donors (Lipinski definition) is 1. The van der Waals surface area contributed by atoms with Crippen LogP contribution in [0, 0.1) is 5.92 Å². The molecule has 1 aliphatic heterocycles. The van der Waals surface area contributed by atoms with Gasteiger partial charge in [0.25, 0.3) is 0 Å². The topological polar surface area (TPSA) is 68.2 Å². The van der Waals surface area contributed by atoms with Gasteiger partial charge in [0.1, 0.15) is 0 Å². The fourth-order valence-corrected chi connectivity index (χ4v) is 3.43. The van der Waals surface area contributed by atoms with Crippen LogP contribution in [-0.4, -0.2) is 34.7 Å². The van der Waals surface area contributed by atoms with Gasteiger partial charge in [0.2, 0.25) is 5.89 Å². The number of nitrogens with two attached hydrogens (primary N) is 1. The molecule has 0 spiro atoms. The average molecular weight is 298 g/mol. The number of rotatable bonds is 5. The minimum atomic E-state index is 0.497. The van der Waals surface area contributed by atoms with Crippen LogP contribution in [0.15, 0.2) is 34.9 Å². The largest absolute Gasteiger partial charge is 0.339 e. The molecule has 5 nitrogen and oxygen atoms in total. The van der Waals surface area contributed by atoms with Crippen molar-refractivity contribution in [2.24, 2.45) is 11.7 Å². The van der Waals surface area contributed by atoms with Crippen LogP contribution in [0.4, 0.5) is 0 Å². The first-order valence-electron chi connectivity index (χ1n) is 8.13. The average Bonchev–Trinajstić information content (AvgIpc) is 3.17. The summed E-state index contributed by atoms with van der Waals surface area (Å²) in [6, 6.07) is 10.7. The Morgan fingerprint density at radius 3 is 2.73 bits per heavy atom. The van der Waals surface area contributed by atoms with E-state index in [1.807, 2.05) is 0 Å². The molecule has 0 bridgehead atoms. The van der Waals surface area contributed by atoms with Crippen LogP contribution < -0.4 is 5.73 Å². The molecule has 4 rings (SSSR count). The van der Waals surface area contributed by atoms with Gasteiger partial charge in [-0.25, -0.2) is 0 Å². The molecule has 2 aliphatic rings. The Balaban J connectivity index is 1.44. The highest BCUT2D eigenvalue weighted by Crippen LogP contribution is 2.39. The van der Waals surface area contributed by atoms with E-state index in [9.17, 15) is 0 Å². The number of aromatic nitrogens is 2. The molecular weight excluding hydrogens is 276 g/mol. The van der Waals surface area contributed by atoms with Gasteiger partial charge in [-0.3, -0.25) is 4.90 Å². The van der Waals surface area contributed by atoms with Crippen molar-refractivity contribution >= 4 is 0 Å². The van der Waals surface area contributed by atoms with E-state index in [0.717, 1.165) is 37.9 Å². The number of hydrogen-bond acceptors (Lipinski definition) is 5. The summed E-state index contributed by atoms with van der Waals surface area (Å²) >= 11 is 0. The summed E-state index contributed by atoms with van der Waals surface area (Å²) in [5, 5.41) is 4.13. The third kappa shape index (κ3) is 2.78. The standard InChI is InChI=1S/C17H22N4O/c18-8-14-9-21(10-15(14)12-4-2-1-3-5-12)11-16-19-17(22-20-16)13-6-7-13/h1-5,13-15H,6-11,18H2/t14-,15+/m1/s1. The molecule has 2 fully saturated rings. The van der Waals surface area contributed by atoms with Crippen LogP contribution in [0.25, 0.3) is 0 Å². The van der Waals surface area contributed by atoms with Crippen molar-refractivity contribution in [3.63, 3.8) is 0 Å². The summed E-state index contributed by atoms with van der Waals surface area (Å²) in [5.74, 6) is 3.16. The first-order valence-corrected chi connectivity index (χ1v) is 8.13. The van der Waals surface area contributed by atoms with Crippen LogP contribution in [0.2, 0.25) is 0 Å². The van der Waals surface area contributed by atoms with E-state index >= 15 is 0 Å². The minimum absolute atomic E-state index is 0.497. The molecule has 1 saturated carbocycles. The summed E-state index contributed by atoms with van der Waals surface area (Å²) in [6.07, 6.45) is 2.38. The smallest absolute Gasteiger partial charge is 0.229 e. The van der Waals surface area contributed by atoms with E-state index in [4.69, 9.17) is 10.3 Å². The summed E-state index contributed by atoms with van der Waals surface area (Å²) in [5.41, 5.74) is 7.37. The third-order valence-electron chi connectivity index (χ3n) is 4.82. The monoisotopic (exact) mass is 298 g/mol.